The minimum Gasteiger partial charge on any atom is -0.345 e. The van der Waals surface area contributed by atoms with Crippen molar-refractivity contribution in [3.63, 3.8) is 0 Å². The van der Waals surface area contributed by atoms with Gasteiger partial charge in [-0.3, -0.25) is 0 Å². The summed E-state index contributed by atoms with van der Waals surface area (Å²) >= 11 is 0. The summed E-state index contributed by atoms with van der Waals surface area (Å²) in [5.74, 6) is 0. The molecule has 0 saturated carbocycles. The first-order valence-electron chi connectivity index (χ1n) is 9.31. The maximum Gasteiger partial charge on any atom is 0.242 e. The zero-order valence-electron chi connectivity index (χ0n) is 16.7. The summed E-state index contributed by atoms with van der Waals surface area (Å²) in [6.07, 6.45) is 2.98. The van der Waals surface area contributed by atoms with Crippen molar-refractivity contribution >= 4 is 15.7 Å². The van der Waals surface area contributed by atoms with Crippen LogP contribution in [0.4, 0.5) is 5.69 Å². The van der Waals surface area contributed by atoms with Gasteiger partial charge >= 0.3 is 0 Å². The highest BCUT2D eigenvalue weighted by Gasteiger charge is 2.43. The number of allylic oxidation sites excluding steroid dienone is 2. The summed E-state index contributed by atoms with van der Waals surface area (Å²) in [4.78, 5) is 2.64. The number of nitrogens with zero attached hydrogens (tertiary/aromatic N) is 2. The summed E-state index contributed by atoms with van der Waals surface area (Å²) in [5, 5.41) is 0. The van der Waals surface area contributed by atoms with Gasteiger partial charge in [-0.05, 0) is 56.5 Å². The molecule has 1 aliphatic heterocycles. The lowest BCUT2D eigenvalue weighted by Crippen LogP contribution is -2.30. The largest absolute Gasteiger partial charge is 0.345 e. The predicted molar refractivity (Wildman–Crippen MR) is 112 cm³/mol. The Bertz CT molecular complexity index is 965. The molecule has 4 nitrogen and oxygen atoms in total. The molecule has 0 aromatic heterocycles. The second kappa shape index (κ2) is 7.13. The fourth-order valence-electron chi connectivity index (χ4n) is 4.13. The van der Waals surface area contributed by atoms with E-state index in [0.717, 1.165) is 24.2 Å². The average Bonchev–Trinajstić information content (AvgIpc) is 2.89. The molecule has 27 heavy (non-hydrogen) atoms. The molecule has 1 heterocycles. The number of fused-ring (bicyclic) bond motifs is 1. The van der Waals surface area contributed by atoms with E-state index in [2.05, 4.69) is 56.0 Å². The number of hydrogen-bond acceptors (Lipinski definition) is 3. The molecule has 0 bridgehead atoms. The van der Waals surface area contributed by atoms with Crippen LogP contribution in [-0.2, 0) is 21.9 Å². The summed E-state index contributed by atoms with van der Waals surface area (Å²) < 4.78 is 26.7. The Hall–Kier alpha value is -2.11. The van der Waals surface area contributed by atoms with Crippen molar-refractivity contribution in [2.45, 2.75) is 37.5 Å². The Labute approximate surface area is 163 Å². The molecule has 0 N–H and O–H groups in total. The van der Waals surface area contributed by atoms with E-state index in [4.69, 9.17) is 0 Å². The van der Waals surface area contributed by atoms with Gasteiger partial charge in [0.05, 0.1) is 4.90 Å². The second-order valence-electron chi connectivity index (χ2n) is 7.38. The third-order valence-electron chi connectivity index (χ3n) is 5.48. The molecule has 3 rings (SSSR count). The zero-order chi connectivity index (χ0) is 19.8. The molecule has 0 amide bonds. The van der Waals surface area contributed by atoms with Crippen molar-refractivity contribution in [1.29, 1.82) is 0 Å². The normalized spacial score (nSPS) is 21.1. The van der Waals surface area contributed by atoms with Crippen LogP contribution < -0.4 is 4.90 Å². The zero-order valence-corrected chi connectivity index (χ0v) is 17.5. The van der Waals surface area contributed by atoms with Gasteiger partial charge in [-0.25, -0.2) is 12.7 Å². The molecular weight excluding hydrogens is 356 g/mol. The van der Waals surface area contributed by atoms with Crippen molar-refractivity contribution in [3.8, 4) is 0 Å². The van der Waals surface area contributed by atoms with Crippen LogP contribution in [0.15, 0.2) is 65.2 Å². The number of likely N-dealkylation sites (N-methyl/N-ethyl adjacent to an activating group) is 1. The number of rotatable bonds is 5. The van der Waals surface area contributed by atoms with E-state index >= 15 is 0 Å². The molecule has 0 fully saturated rings. The smallest absolute Gasteiger partial charge is 0.242 e. The molecule has 2 aromatic rings. The number of sulfonamides is 1. The van der Waals surface area contributed by atoms with Crippen molar-refractivity contribution in [2.75, 3.05) is 25.5 Å². The van der Waals surface area contributed by atoms with Crippen LogP contribution in [0.3, 0.4) is 0 Å². The third kappa shape index (κ3) is 3.19. The van der Waals surface area contributed by atoms with E-state index in [1.165, 1.54) is 15.6 Å². The lowest BCUT2D eigenvalue weighted by Gasteiger charge is -2.30. The van der Waals surface area contributed by atoms with Crippen LogP contribution in [0.2, 0.25) is 0 Å². The van der Waals surface area contributed by atoms with E-state index in [-0.39, 0.29) is 5.41 Å². The molecule has 1 atom stereocenters. The highest BCUT2D eigenvalue weighted by molar-refractivity contribution is 7.89. The van der Waals surface area contributed by atoms with Gasteiger partial charge in [0, 0.05) is 37.4 Å². The van der Waals surface area contributed by atoms with Gasteiger partial charge in [-0.1, -0.05) is 36.4 Å². The minimum atomic E-state index is -3.47. The lowest BCUT2D eigenvalue weighted by molar-refractivity contribution is 0.519. The van der Waals surface area contributed by atoms with Gasteiger partial charge in [0.2, 0.25) is 10.0 Å². The van der Waals surface area contributed by atoms with Crippen LogP contribution in [0.25, 0.3) is 0 Å². The van der Waals surface area contributed by atoms with E-state index in [1.54, 1.807) is 20.2 Å². The topological polar surface area (TPSA) is 40.6 Å². The first kappa shape index (κ1) is 19.6. The van der Waals surface area contributed by atoms with Gasteiger partial charge in [-0.15, -0.1) is 0 Å². The highest BCUT2D eigenvalue weighted by Crippen LogP contribution is 2.50. The second-order valence-corrected chi connectivity index (χ2v) is 9.53. The number of benzene rings is 2. The molecule has 0 radical (unpaired) electrons. The highest BCUT2D eigenvalue weighted by atomic mass is 32.2. The SMILES string of the molecule is C/C=C1\N(CC)c2ccc(S(=O)(=O)N(C)C)cc2C1(C)Cc1ccccc1. The number of hydrogen-bond donors (Lipinski definition) is 0. The predicted octanol–water partition coefficient (Wildman–Crippen LogP) is 4.18. The quantitative estimate of drug-likeness (QED) is 0.776. The molecule has 0 aliphatic carbocycles. The van der Waals surface area contributed by atoms with Crippen molar-refractivity contribution in [3.05, 3.63) is 71.4 Å². The average molecular weight is 385 g/mol. The Morgan fingerprint density at radius 1 is 1.11 bits per heavy atom. The molecule has 1 unspecified atom stereocenters. The van der Waals surface area contributed by atoms with Gasteiger partial charge in [0.25, 0.3) is 0 Å². The first-order chi connectivity index (χ1) is 12.8. The fraction of sp³-hybridized carbons (Fsp3) is 0.364. The standard InChI is InChI=1S/C22H28N2O2S/c1-6-21-22(3,16-17-11-9-8-10-12-17)19-15-18(27(25,26)23(4)5)13-14-20(19)24(21)7-2/h6,8-15H,7,16H2,1-5H3/b21-6-. The Morgan fingerprint density at radius 3 is 2.33 bits per heavy atom. The van der Waals surface area contributed by atoms with E-state index < -0.39 is 10.0 Å². The van der Waals surface area contributed by atoms with Gasteiger partial charge in [0.15, 0.2) is 0 Å². The molecule has 0 spiro atoms. The summed E-state index contributed by atoms with van der Waals surface area (Å²) in [7, 11) is -0.333. The van der Waals surface area contributed by atoms with Crippen molar-refractivity contribution in [1.82, 2.24) is 4.31 Å². The van der Waals surface area contributed by atoms with E-state index in [1.807, 2.05) is 18.2 Å². The first-order valence-corrected chi connectivity index (χ1v) is 10.7. The minimum absolute atomic E-state index is 0.278. The monoisotopic (exact) mass is 384 g/mol. The van der Waals surface area contributed by atoms with Crippen LogP contribution in [0.5, 0.6) is 0 Å². The Morgan fingerprint density at radius 2 is 1.78 bits per heavy atom. The number of anilines is 1. The van der Waals surface area contributed by atoms with Crippen molar-refractivity contribution < 1.29 is 8.42 Å². The van der Waals surface area contributed by atoms with Crippen LogP contribution in [0, 0.1) is 0 Å². The van der Waals surface area contributed by atoms with Crippen LogP contribution in [-0.4, -0.2) is 33.4 Å². The maximum atomic E-state index is 12.7. The van der Waals surface area contributed by atoms with Gasteiger partial charge in [-0.2, -0.15) is 0 Å². The molecule has 1 aliphatic rings. The van der Waals surface area contributed by atoms with Crippen LogP contribution in [0.1, 0.15) is 31.9 Å². The molecular formula is C22H28N2O2S. The van der Waals surface area contributed by atoms with Gasteiger partial charge in [0.1, 0.15) is 0 Å². The third-order valence-corrected chi connectivity index (χ3v) is 7.29. The summed E-state index contributed by atoms with van der Waals surface area (Å²) in [5.41, 5.74) is 4.36. The van der Waals surface area contributed by atoms with E-state index in [0.29, 0.717) is 4.90 Å². The summed E-state index contributed by atoms with van der Waals surface area (Å²) in [6, 6.07) is 15.9. The Balaban J connectivity index is 2.20. The molecule has 0 saturated heterocycles. The molecule has 5 heteroatoms. The fourth-order valence-corrected chi connectivity index (χ4v) is 5.06. The van der Waals surface area contributed by atoms with Gasteiger partial charge < -0.3 is 4.90 Å². The molecule has 144 valence electrons. The summed E-state index contributed by atoms with van der Waals surface area (Å²) in [6.45, 7) is 7.25. The van der Waals surface area contributed by atoms with E-state index in [9.17, 15) is 8.42 Å². The lowest BCUT2D eigenvalue weighted by atomic mass is 9.76. The van der Waals surface area contributed by atoms with Crippen LogP contribution >= 0.6 is 0 Å². The maximum absolute atomic E-state index is 12.7. The Kier molecular flexibility index (Phi) is 5.19. The molecule has 2 aromatic carbocycles. The van der Waals surface area contributed by atoms with Crippen molar-refractivity contribution in [2.24, 2.45) is 0 Å².